The molecule has 0 radical (unpaired) electrons. The van der Waals surface area contributed by atoms with Crippen LogP contribution in [-0.4, -0.2) is 40.8 Å². The van der Waals surface area contributed by atoms with Gasteiger partial charge in [-0.05, 0) is 51.0 Å². The van der Waals surface area contributed by atoms with Crippen molar-refractivity contribution in [1.29, 1.82) is 0 Å². The van der Waals surface area contributed by atoms with Gasteiger partial charge in [-0.15, -0.1) is 0 Å². The third kappa shape index (κ3) is 4.45. The lowest BCUT2D eigenvalue weighted by Crippen LogP contribution is -2.55. The van der Waals surface area contributed by atoms with Crippen LogP contribution in [-0.2, 0) is 4.74 Å². The number of hydrogen-bond donors (Lipinski definition) is 1. The van der Waals surface area contributed by atoms with Gasteiger partial charge >= 0.3 is 6.09 Å². The summed E-state index contributed by atoms with van der Waals surface area (Å²) in [6.45, 7) is 6.71. The monoisotopic (exact) mass is 355 g/mol. The number of amides is 1. The molecule has 1 aliphatic rings. The van der Waals surface area contributed by atoms with E-state index in [4.69, 9.17) is 15.2 Å². The summed E-state index contributed by atoms with van der Waals surface area (Å²) >= 11 is 0. The van der Waals surface area contributed by atoms with Gasteiger partial charge in [0.25, 0.3) is 0 Å². The standard InChI is InChI=1S/C20H25N3O3/c1-20(2,3)26-19(24)23-8-7-17(23)13-25-18-10-15(11-22-12-18)14-5-4-6-16(21)9-14/h4-6,9-12,17H,7-8,13,21H2,1-3H3/t17-/m0/s1. The minimum absolute atomic E-state index is 0.0286. The van der Waals surface area contributed by atoms with Gasteiger partial charge in [0.05, 0.1) is 12.2 Å². The summed E-state index contributed by atoms with van der Waals surface area (Å²) in [5, 5.41) is 0. The minimum atomic E-state index is -0.492. The highest BCUT2D eigenvalue weighted by molar-refractivity contribution is 5.69. The molecule has 6 heteroatoms. The number of benzene rings is 1. The number of likely N-dealkylation sites (tertiary alicyclic amines) is 1. The summed E-state index contributed by atoms with van der Waals surface area (Å²) in [5.41, 5.74) is 7.98. The van der Waals surface area contributed by atoms with Crippen molar-refractivity contribution in [3.8, 4) is 16.9 Å². The molecule has 1 saturated heterocycles. The zero-order chi connectivity index (χ0) is 18.7. The lowest BCUT2D eigenvalue weighted by atomic mass is 10.1. The minimum Gasteiger partial charge on any atom is -0.490 e. The zero-order valence-corrected chi connectivity index (χ0v) is 15.4. The van der Waals surface area contributed by atoms with Crippen molar-refractivity contribution in [2.24, 2.45) is 0 Å². The van der Waals surface area contributed by atoms with Crippen molar-refractivity contribution < 1.29 is 14.3 Å². The van der Waals surface area contributed by atoms with Gasteiger partial charge in [-0.3, -0.25) is 4.98 Å². The average molecular weight is 355 g/mol. The number of nitrogens with two attached hydrogens (primary N) is 1. The molecule has 1 aromatic heterocycles. The summed E-state index contributed by atoms with van der Waals surface area (Å²) < 4.78 is 11.3. The number of aromatic nitrogens is 1. The van der Waals surface area contributed by atoms with Crippen LogP contribution in [0, 0.1) is 0 Å². The van der Waals surface area contributed by atoms with E-state index in [2.05, 4.69) is 4.98 Å². The van der Waals surface area contributed by atoms with Crippen LogP contribution in [0.2, 0.25) is 0 Å². The van der Waals surface area contributed by atoms with Crippen molar-refractivity contribution in [3.63, 3.8) is 0 Å². The second kappa shape index (κ2) is 7.23. The first-order chi connectivity index (χ1) is 12.3. The molecule has 2 N–H and O–H groups in total. The lowest BCUT2D eigenvalue weighted by molar-refractivity contribution is -0.0141. The molecular formula is C20H25N3O3. The van der Waals surface area contributed by atoms with E-state index in [1.807, 2.05) is 51.1 Å². The van der Waals surface area contributed by atoms with Crippen LogP contribution in [0.25, 0.3) is 11.1 Å². The quantitative estimate of drug-likeness (QED) is 0.846. The molecule has 0 bridgehead atoms. The zero-order valence-electron chi connectivity index (χ0n) is 15.4. The number of anilines is 1. The van der Waals surface area contributed by atoms with Gasteiger partial charge in [0.15, 0.2) is 0 Å². The van der Waals surface area contributed by atoms with Gasteiger partial charge in [0.2, 0.25) is 0 Å². The Morgan fingerprint density at radius 1 is 1.27 bits per heavy atom. The SMILES string of the molecule is CC(C)(C)OC(=O)N1CC[C@H]1COc1cncc(-c2cccc(N)c2)c1. The van der Waals surface area contributed by atoms with Crippen LogP contribution >= 0.6 is 0 Å². The number of carbonyl (C=O) groups is 1. The number of pyridine rings is 1. The maximum Gasteiger partial charge on any atom is 0.410 e. The second-order valence-corrected chi connectivity index (χ2v) is 7.46. The van der Waals surface area contributed by atoms with E-state index >= 15 is 0 Å². The average Bonchev–Trinajstić information content (AvgIpc) is 2.52. The smallest absolute Gasteiger partial charge is 0.410 e. The van der Waals surface area contributed by atoms with Gasteiger partial charge in [-0.1, -0.05) is 12.1 Å². The summed E-state index contributed by atoms with van der Waals surface area (Å²) in [4.78, 5) is 18.1. The van der Waals surface area contributed by atoms with Gasteiger partial charge in [-0.25, -0.2) is 4.79 Å². The Bertz CT molecular complexity index is 786. The fraction of sp³-hybridized carbons (Fsp3) is 0.400. The Balaban J connectivity index is 1.60. The first-order valence-corrected chi connectivity index (χ1v) is 8.75. The molecule has 0 spiro atoms. The Labute approximate surface area is 153 Å². The molecule has 1 fully saturated rings. The van der Waals surface area contributed by atoms with Crippen LogP contribution in [0.15, 0.2) is 42.7 Å². The molecule has 6 nitrogen and oxygen atoms in total. The number of carbonyl (C=O) groups excluding carboxylic acids is 1. The highest BCUT2D eigenvalue weighted by Gasteiger charge is 2.35. The molecule has 3 rings (SSSR count). The Hall–Kier alpha value is -2.76. The summed E-state index contributed by atoms with van der Waals surface area (Å²) in [5.74, 6) is 0.668. The van der Waals surface area contributed by atoms with Crippen LogP contribution in [0.5, 0.6) is 5.75 Å². The van der Waals surface area contributed by atoms with Crippen molar-refractivity contribution in [2.45, 2.75) is 38.8 Å². The number of ether oxygens (including phenoxy) is 2. The third-order valence-electron chi connectivity index (χ3n) is 4.15. The predicted octanol–water partition coefficient (Wildman–Crippen LogP) is 3.72. The molecule has 1 atom stereocenters. The number of nitrogens with zero attached hydrogens (tertiary/aromatic N) is 2. The third-order valence-corrected chi connectivity index (χ3v) is 4.15. The number of nitrogen functional groups attached to an aromatic ring is 1. The largest absolute Gasteiger partial charge is 0.490 e. The van der Waals surface area contributed by atoms with E-state index in [1.54, 1.807) is 17.3 Å². The van der Waals surface area contributed by atoms with E-state index in [0.29, 0.717) is 24.6 Å². The molecule has 1 aliphatic heterocycles. The van der Waals surface area contributed by atoms with Gasteiger partial charge in [-0.2, -0.15) is 0 Å². The van der Waals surface area contributed by atoms with Crippen LogP contribution in [0.4, 0.5) is 10.5 Å². The summed E-state index contributed by atoms with van der Waals surface area (Å²) in [6.07, 6.45) is 4.07. The van der Waals surface area contributed by atoms with Crippen LogP contribution < -0.4 is 10.5 Å². The molecule has 2 aromatic rings. The van der Waals surface area contributed by atoms with E-state index < -0.39 is 5.60 Å². The Morgan fingerprint density at radius 3 is 2.73 bits per heavy atom. The predicted molar refractivity (Wildman–Crippen MR) is 101 cm³/mol. The molecular weight excluding hydrogens is 330 g/mol. The van der Waals surface area contributed by atoms with Crippen molar-refractivity contribution in [1.82, 2.24) is 9.88 Å². The maximum absolute atomic E-state index is 12.2. The van der Waals surface area contributed by atoms with Gasteiger partial charge in [0.1, 0.15) is 18.0 Å². The topological polar surface area (TPSA) is 77.7 Å². The molecule has 0 aliphatic carbocycles. The number of hydrogen-bond acceptors (Lipinski definition) is 5. The number of rotatable bonds is 4. The van der Waals surface area contributed by atoms with Gasteiger partial charge < -0.3 is 20.1 Å². The normalized spacial score (nSPS) is 16.7. The van der Waals surface area contributed by atoms with Crippen molar-refractivity contribution >= 4 is 11.8 Å². The molecule has 138 valence electrons. The molecule has 0 saturated carbocycles. The van der Waals surface area contributed by atoms with Crippen LogP contribution in [0.3, 0.4) is 0 Å². The Morgan fingerprint density at radius 2 is 2.08 bits per heavy atom. The highest BCUT2D eigenvalue weighted by Crippen LogP contribution is 2.26. The van der Waals surface area contributed by atoms with Gasteiger partial charge in [0, 0.05) is 24.0 Å². The fourth-order valence-corrected chi connectivity index (χ4v) is 2.74. The van der Waals surface area contributed by atoms with Crippen molar-refractivity contribution in [3.05, 3.63) is 42.7 Å². The first kappa shape index (κ1) is 18.0. The second-order valence-electron chi connectivity index (χ2n) is 7.46. The molecule has 1 amide bonds. The molecule has 1 aromatic carbocycles. The van der Waals surface area contributed by atoms with Crippen LogP contribution in [0.1, 0.15) is 27.2 Å². The summed E-state index contributed by atoms with van der Waals surface area (Å²) in [7, 11) is 0. The lowest BCUT2D eigenvalue weighted by Gasteiger charge is -2.40. The van der Waals surface area contributed by atoms with E-state index in [0.717, 1.165) is 17.5 Å². The Kier molecular flexibility index (Phi) is 5.02. The van der Waals surface area contributed by atoms with E-state index in [9.17, 15) is 4.79 Å². The van der Waals surface area contributed by atoms with E-state index in [1.165, 1.54) is 0 Å². The highest BCUT2D eigenvalue weighted by atomic mass is 16.6. The first-order valence-electron chi connectivity index (χ1n) is 8.75. The summed E-state index contributed by atoms with van der Waals surface area (Å²) in [6, 6.07) is 9.59. The van der Waals surface area contributed by atoms with Crippen molar-refractivity contribution in [2.75, 3.05) is 18.9 Å². The molecule has 26 heavy (non-hydrogen) atoms. The maximum atomic E-state index is 12.2. The fourth-order valence-electron chi connectivity index (χ4n) is 2.74. The molecule has 0 unspecified atom stereocenters. The van der Waals surface area contributed by atoms with E-state index in [-0.39, 0.29) is 12.1 Å². The molecule has 2 heterocycles.